The van der Waals surface area contributed by atoms with Crippen LogP contribution in [-0.4, -0.2) is 35.9 Å². The molecule has 0 bridgehead atoms. The maximum Gasteiger partial charge on any atom is 0.405 e. The van der Waals surface area contributed by atoms with Crippen LogP contribution < -0.4 is 10.6 Å². The van der Waals surface area contributed by atoms with Gasteiger partial charge in [-0.1, -0.05) is 48.5 Å². The molecule has 0 saturated heterocycles. The van der Waals surface area contributed by atoms with Gasteiger partial charge in [0.15, 0.2) is 5.78 Å². The molecule has 3 aromatic carbocycles. The lowest BCUT2D eigenvalue weighted by atomic mass is 9.96. The van der Waals surface area contributed by atoms with Crippen LogP contribution in [0.25, 0.3) is 10.9 Å². The van der Waals surface area contributed by atoms with Gasteiger partial charge in [-0.25, -0.2) is 0 Å². The zero-order chi connectivity index (χ0) is 26.4. The quantitative estimate of drug-likeness (QED) is 0.277. The number of aromatic nitrogens is 1. The molecule has 6 nitrogen and oxygen atoms in total. The van der Waals surface area contributed by atoms with Gasteiger partial charge in [-0.3, -0.25) is 9.59 Å². The molecule has 188 valence electrons. The Bertz CT molecular complexity index is 1440. The van der Waals surface area contributed by atoms with Gasteiger partial charge >= 0.3 is 6.18 Å². The van der Waals surface area contributed by atoms with E-state index in [1.54, 1.807) is 24.4 Å². The van der Waals surface area contributed by atoms with Crippen LogP contribution in [0.1, 0.15) is 43.4 Å². The molecule has 3 N–H and O–H groups in total. The van der Waals surface area contributed by atoms with Gasteiger partial charge in [-0.15, -0.1) is 0 Å². The van der Waals surface area contributed by atoms with Crippen LogP contribution in [0.15, 0.2) is 79.0 Å². The van der Waals surface area contributed by atoms with Crippen molar-refractivity contribution < 1.29 is 22.8 Å². The average molecular weight is 505 g/mol. The summed E-state index contributed by atoms with van der Waals surface area (Å²) in [6.07, 6.45) is -2.32. The van der Waals surface area contributed by atoms with Crippen molar-refractivity contribution in [3.05, 3.63) is 107 Å². The molecule has 1 aromatic heterocycles. The molecule has 0 aliphatic rings. The van der Waals surface area contributed by atoms with Crippen LogP contribution in [0.5, 0.6) is 0 Å². The van der Waals surface area contributed by atoms with Crippen LogP contribution in [0.3, 0.4) is 0 Å². The van der Waals surface area contributed by atoms with Crippen LogP contribution in [0, 0.1) is 11.3 Å². The number of nitrogens with zero attached hydrogens (tertiary/aromatic N) is 1. The molecule has 0 aliphatic carbocycles. The summed E-state index contributed by atoms with van der Waals surface area (Å²) in [5.74, 6) is -1.04. The maximum atomic E-state index is 13.7. The van der Waals surface area contributed by atoms with Crippen molar-refractivity contribution in [1.29, 1.82) is 5.26 Å². The topological polar surface area (TPSA) is 97.8 Å². The van der Waals surface area contributed by atoms with Crippen molar-refractivity contribution in [2.24, 2.45) is 0 Å². The molecular formula is C28H23F3N4O2. The van der Waals surface area contributed by atoms with E-state index in [1.807, 2.05) is 47.8 Å². The number of nitriles is 1. The number of nitrogens with one attached hydrogen (secondary N) is 3. The van der Waals surface area contributed by atoms with Crippen molar-refractivity contribution >= 4 is 22.6 Å². The van der Waals surface area contributed by atoms with Gasteiger partial charge in [0.25, 0.3) is 5.91 Å². The summed E-state index contributed by atoms with van der Waals surface area (Å²) in [5, 5.41) is 14.7. The Kier molecular flexibility index (Phi) is 7.70. The lowest BCUT2D eigenvalue weighted by Gasteiger charge is -2.18. The summed E-state index contributed by atoms with van der Waals surface area (Å²) in [6.45, 7) is -0.922. The highest BCUT2D eigenvalue weighted by atomic mass is 19.4. The molecule has 0 aliphatic heterocycles. The van der Waals surface area contributed by atoms with E-state index >= 15 is 0 Å². The Morgan fingerprint density at radius 1 is 1.00 bits per heavy atom. The first kappa shape index (κ1) is 25.7. The minimum absolute atomic E-state index is 0.0535. The van der Waals surface area contributed by atoms with Crippen LogP contribution in [0.2, 0.25) is 0 Å². The van der Waals surface area contributed by atoms with E-state index in [4.69, 9.17) is 5.26 Å². The van der Waals surface area contributed by atoms with Gasteiger partial charge < -0.3 is 15.6 Å². The Balaban J connectivity index is 1.53. The molecule has 37 heavy (non-hydrogen) atoms. The summed E-state index contributed by atoms with van der Waals surface area (Å²) < 4.78 is 37.3. The van der Waals surface area contributed by atoms with E-state index < -0.39 is 24.7 Å². The van der Waals surface area contributed by atoms with Crippen molar-refractivity contribution in [3.8, 4) is 6.07 Å². The summed E-state index contributed by atoms with van der Waals surface area (Å²) in [4.78, 5) is 28.7. The van der Waals surface area contributed by atoms with Gasteiger partial charge in [0.1, 0.15) is 6.54 Å². The molecule has 0 unspecified atom stereocenters. The van der Waals surface area contributed by atoms with Crippen LogP contribution >= 0.6 is 0 Å². The van der Waals surface area contributed by atoms with Crippen LogP contribution in [0.4, 0.5) is 13.2 Å². The third-order valence-electron chi connectivity index (χ3n) is 5.90. The van der Waals surface area contributed by atoms with Gasteiger partial charge in [0.2, 0.25) is 0 Å². The molecule has 4 rings (SSSR count). The summed E-state index contributed by atoms with van der Waals surface area (Å²) in [7, 11) is 0. The third-order valence-corrected chi connectivity index (χ3v) is 5.90. The number of ketones is 1. The second-order valence-electron chi connectivity index (χ2n) is 8.48. The van der Waals surface area contributed by atoms with E-state index in [0.717, 1.165) is 11.1 Å². The Labute approximate surface area is 211 Å². The standard InChI is InChI=1S/C28H23F3N4O2/c29-28(30,31)17-35-27(37)21-10-11-22-23(16-34-24(22)14-21)26(36)25(20-4-2-1-3-5-20)33-13-12-18-6-8-19(15-32)9-7-18/h1-11,14,16,25,33-34H,12-13,17H2,(H,35,37)/t25-/m0/s1. The average Bonchev–Trinajstić information content (AvgIpc) is 3.33. The number of Topliss-reactive ketones (excluding diaryl/α,β-unsaturated/α-hetero) is 1. The van der Waals surface area contributed by atoms with Gasteiger partial charge in [-0.2, -0.15) is 18.4 Å². The lowest BCUT2D eigenvalue weighted by molar-refractivity contribution is -0.123. The monoisotopic (exact) mass is 504 g/mol. The molecule has 0 saturated carbocycles. The number of halogens is 3. The normalized spacial score (nSPS) is 12.2. The first-order valence-corrected chi connectivity index (χ1v) is 11.5. The highest BCUT2D eigenvalue weighted by Crippen LogP contribution is 2.26. The molecule has 0 radical (unpaired) electrons. The van der Waals surface area contributed by atoms with E-state index in [9.17, 15) is 22.8 Å². The van der Waals surface area contributed by atoms with E-state index in [2.05, 4.69) is 16.4 Å². The Hall–Kier alpha value is -4.42. The molecule has 1 heterocycles. The first-order chi connectivity index (χ1) is 17.7. The third kappa shape index (κ3) is 6.42. The fourth-order valence-corrected chi connectivity index (χ4v) is 4.02. The number of rotatable bonds is 9. The minimum atomic E-state index is -4.51. The zero-order valence-corrected chi connectivity index (χ0v) is 19.6. The first-order valence-electron chi connectivity index (χ1n) is 11.5. The summed E-state index contributed by atoms with van der Waals surface area (Å²) in [5.41, 5.74) is 3.30. The lowest BCUT2D eigenvalue weighted by Crippen LogP contribution is -2.33. The van der Waals surface area contributed by atoms with Gasteiger partial charge in [0.05, 0.1) is 17.7 Å². The largest absolute Gasteiger partial charge is 0.405 e. The minimum Gasteiger partial charge on any atom is -0.360 e. The fourth-order valence-electron chi connectivity index (χ4n) is 4.02. The molecule has 0 spiro atoms. The number of hydrogen-bond acceptors (Lipinski definition) is 4. The molecule has 0 fully saturated rings. The number of benzene rings is 3. The van der Waals surface area contributed by atoms with Gasteiger partial charge in [-0.05, 0) is 41.8 Å². The number of carbonyl (C=O) groups excluding carboxylic acids is 2. The number of alkyl halides is 3. The highest BCUT2D eigenvalue weighted by molar-refractivity contribution is 6.11. The van der Waals surface area contributed by atoms with Crippen molar-refractivity contribution in [2.45, 2.75) is 18.6 Å². The maximum absolute atomic E-state index is 13.7. The number of H-pyrrole nitrogens is 1. The van der Waals surface area contributed by atoms with E-state index in [-0.39, 0.29) is 11.3 Å². The number of hydrogen-bond donors (Lipinski definition) is 3. The zero-order valence-electron chi connectivity index (χ0n) is 19.6. The highest BCUT2D eigenvalue weighted by Gasteiger charge is 2.28. The molecule has 9 heteroatoms. The predicted octanol–water partition coefficient (Wildman–Crippen LogP) is 5.09. The number of aromatic amines is 1. The molecule has 1 atom stereocenters. The van der Waals surface area contributed by atoms with Crippen molar-refractivity contribution in [1.82, 2.24) is 15.6 Å². The molecule has 4 aromatic rings. The van der Waals surface area contributed by atoms with Crippen molar-refractivity contribution in [3.63, 3.8) is 0 Å². The van der Waals surface area contributed by atoms with Crippen molar-refractivity contribution in [2.75, 3.05) is 13.1 Å². The Morgan fingerprint density at radius 2 is 1.73 bits per heavy atom. The SMILES string of the molecule is N#Cc1ccc(CCN[C@H](C(=O)c2c[nH]c3cc(C(=O)NCC(F)(F)F)ccc23)c2ccccc2)cc1. The fraction of sp³-hybridized carbons (Fsp3) is 0.179. The molecule has 1 amide bonds. The van der Waals surface area contributed by atoms with Gasteiger partial charge in [0, 0.05) is 34.8 Å². The van der Waals surface area contributed by atoms with E-state index in [1.165, 1.54) is 12.1 Å². The Morgan fingerprint density at radius 3 is 2.41 bits per heavy atom. The smallest absolute Gasteiger partial charge is 0.360 e. The second-order valence-corrected chi connectivity index (χ2v) is 8.48. The van der Waals surface area contributed by atoms with Crippen LogP contribution in [-0.2, 0) is 6.42 Å². The summed E-state index contributed by atoms with van der Waals surface area (Å²) in [6, 6.07) is 22.3. The predicted molar refractivity (Wildman–Crippen MR) is 133 cm³/mol. The second kappa shape index (κ2) is 11.1. The number of amides is 1. The number of fused-ring (bicyclic) bond motifs is 1. The summed E-state index contributed by atoms with van der Waals surface area (Å²) >= 11 is 0. The number of carbonyl (C=O) groups is 2. The molecular weight excluding hydrogens is 481 g/mol. The van der Waals surface area contributed by atoms with E-state index in [0.29, 0.717) is 35.0 Å².